The van der Waals surface area contributed by atoms with E-state index in [1.165, 1.54) is 31.6 Å². The molecule has 2 aliphatic rings. The highest BCUT2D eigenvalue weighted by atomic mass is 35.5. The lowest BCUT2D eigenvalue weighted by molar-refractivity contribution is -0.132. The molecule has 2 aromatic carbocycles. The third-order valence-corrected chi connectivity index (χ3v) is 8.95. The van der Waals surface area contributed by atoms with Crippen molar-refractivity contribution in [2.45, 2.75) is 36.1 Å². The predicted molar refractivity (Wildman–Crippen MR) is 152 cm³/mol. The van der Waals surface area contributed by atoms with E-state index in [0.717, 1.165) is 5.56 Å². The van der Waals surface area contributed by atoms with Crippen LogP contribution in [0.3, 0.4) is 0 Å². The first kappa shape index (κ1) is 28.1. The molecule has 2 aliphatic carbocycles. The quantitative estimate of drug-likeness (QED) is 0.160. The first-order valence-corrected chi connectivity index (χ1v) is 14.8. The number of amides is 1. The van der Waals surface area contributed by atoms with Gasteiger partial charge in [-0.15, -0.1) is 0 Å². The number of anilines is 1. The number of rotatable bonds is 6. The molecule has 2 aromatic heterocycles. The molecular weight excluding hydrogens is 584 g/mol. The maximum atomic E-state index is 12.6. The van der Waals surface area contributed by atoms with Crippen LogP contribution in [0, 0.1) is 23.2 Å². The lowest BCUT2D eigenvalue weighted by Crippen LogP contribution is -2.41. The molecule has 4 aromatic rings. The number of halogens is 1. The van der Waals surface area contributed by atoms with Crippen molar-refractivity contribution in [3.05, 3.63) is 76.8 Å². The summed E-state index contributed by atoms with van der Waals surface area (Å²) in [4.78, 5) is 26.0. The Kier molecular flexibility index (Phi) is 6.91. The van der Waals surface area contributed by atoms with E-state index in [0.29, 0.717) is 40.5 Å². The lowest BCUT2D eigenvalue weighted by Gasteiger charge is -2.23. The molecule has 1 amide bonds. The van der Waals surface area contributed by atoms with Gasteiger partial charge in [0.1, 0.15) is 6.10 Å². The molecule has 0 unspecified atom stereocenters. The van der Waals surface area contributed by atoms with Crippen LogP contribution in [-0.2, 0) is 21.5 Å². The van der Waals surface area contributed by atoms with Gasteiger partial charge in [-0.1, -0.05) is 35.7 Å². The zero-order valence-electron chi connectivity index (χ0n) is 22.1. The second-order valence-corrected chi connectivity index (χ2v) is 12.2. The summed E-state index contributed by atoms with van der Waals surface area (Å²) in [6.07, 6.45) is -0.609. The number of hydrogen-bond donors (Lipinski definition) is 5. The van der Waals surface area contributed by atoms with E-state index in [4.69, 9.17) is 11.6 Å². The molecule has 2 fully saturated rings. The van der Waals surface area contributed by atoms with Gasteiger partial charge >= 0.3 is 0 Å². The van der Waals surface area contributed by atoms with E-state index in [9.17, 15) is 28.0 Å². The van der Waals surface area contributed by atoms with Gasteiger partial charge in [-0.2, -0.15) is 8.42 Å². The molecule has 0 aliphatic heterocycles. The number of nitrogens with one attached hydrogen (secondary N) is 2. The maximum absolute atomic E-state index is 12.6. The Morgan fingerprint density at radius 3 is 2.69 bits per heavy atom. The van der Waals surface area contributed by atoms with Crippen molar-refractivity contribution in [1.29, 1.82) is 0 Å². The summed E-state index contributed by atoms with van der Waals surface area (Å²) in [5, 5.41) is 28.3. The Labute approximate surface area is 245 Å². The zero-order chi connectivity index (χ0) is 29.8. The van der Waals surface area contributed by atoms with Gasteiger partial charge in [0.25, 0.3) is 10.1 Å². The van der Waals surface area contributed by atoms with E-state index in [-0.39, 0.29) is 22.5 Å². The van der Waals surface area contributed by atoms with Crippen LogP contribution in [0.4, 0.5) is 5.82 Å². The fourth-order valence-corrected chi connectivity index (χ4v) is 6.53. The van der Waals surface area contributed by atoms with Crippen molar-refractivity contribution in [3.63, 3.8) is 0 Å². The topological polar surface area (TPSA) is 180 Å². The van der Waals surface area contributed by atoms with E-state index < -0.39 is 33.8 Å². The Morgan fingerprint density at radius 1 is 1.17 bits per heavy atom. The first-order chi connectivity index (χ1) is 20.0. The van der Waals surface area contributed by atoms with Crippen LogP contribution < -0.4 is 10.6 Å². The molecule has 12 nitrogen and oxygen atoms in total. The number of aromatic nitrogens is 4. The largest absolute Gasteiger partial charge is 0.389 e. The maximum Gasteiger partial charge on any atom is 0.294 e. The van der Waals surface area contributed by atoms with Crippen molar-refractivity contribution in [3.8, 4) is 11.8 Å². The summed E-state index contributed by atoms with van der Waals surface area (Å²) < 4.78 is 34.1. The molecule has 6 rings (SSSR count). The number of aliphatic hydroxyl groups is 2. The highest BCUT2D eigenvalue weighted by molar-refractivity contribution is 7.85. The molecule has 14 heteroatoms. The fourth-order valence-electron chi connectivity index (χ4n) is 5.80. The van der Waals surface area contributed by atoms with Crippen LogP contribution in [0.2, 0.25) is 5.02 Å². The highest BCUT2D eigenvalue weighted by Gasteiger charge is 2.75. The van der Waals surface area contributed by atoms with Crippen molar-refractivity contribution in [1.82, 2.24) is 24.8 Å². The number of hydrogen-bond acceptors (Lipinski definition) is 9. The Balaban J connectivity index is 1.42. The van der Waals surface area contributed by atoms with Gasteiger partial charge < -0.3 is 25.4 Å². The summed E-state index contributed by atoms with van der Waals surface area (Å²) in [5.74, 6) is 5.40. The second-order valence-electron chi connectivity index (χ2n) is 10.3. The van der Waals surface area contributed by atoms with Crippen molar-refractivity contribution in [2.75, 3.05) is 12.4 Å². The van der Waals surface area contributed by atoms with E-state index in [2.05, 4.69) is 37.4 Å². The van der Waals surface area contributed by atoms with Gasteiger partial charge in [-0.25, -0.2) is 15.0 Å². The number of aliphatic hydroxyl groups excluding tert-OH is 2. The summed E-state index contributed by atoms with van der Waals surface area (Å²) in [7, 11) is -2.92. The Morgan fingerprint density at radius 2 is 1.95 bits per heavy atom. The molecule has 0 spiro atoms. The molecular formula is C28H25ClN6O6S. The highest BCUT2D eigenvalue weighted by Crippen LogP contribution is 2.67. The first-order valence-electron chi connectivity index (χ1n) is 12.9. The second kappa shape index (κ2) is 10.3. The predicted octanol–water partition coefficient (Wildman–Crippen LogP) is 1.77. The summed E-state index contributed by atoms with van der Waals surface area (Å²) in [6.45, 7) is 0.343. The molecule has 0 bridgehead atoms. The summed E-state index contributed by atoms with van der Waals surface area (Å²) in [6, 6.07) is 12.1. The van der Waals surface area contributed by atoms with E-state index in [1.807, 2.05) is 12.1 Å². The number of carbonyl (C=O) groups is 1. The van der Waals surface area contributed by atoms with Gasteiger partial charge in [0.15, 0.2) is 17.0 Å². The van der Waals surface area contributed by atoms with Crippen LogP contribution in [0.5, 0.6) is 0 Å². The van der Waals surface area contributed by atoms with Crippen molar-refractivity contribution in [2.24, 2.45) is 11.3 Å². The van der Waals surface area contributed by atoms with Crippen LogP contribution in [0.1, 0.15) is 29.4 Å². The minimum atomic E-state index is -4.42. The van der Waals surface area contributed by atoms with Gasteiger partial charge in [0, 0.05) is 30.1 Å². The van der Waals surface area contributed by atoms with Gasteiger partial charge in [-0.3, -0.25) is 9.35 Å². The molecule has 5 atom stereocenters. The fraction of sp³-hybridized carbons (Fsp3) is 0.286. The Bertz CT molecular complexity index is 1900. The SMILES string of the molecule is CNC(=O)[C@@]12C[C@@H]1[C@@H](n1cnc3c(NCc4cccc(Cl)c4)nc(C#Cc4cccc(S(=O)(=O)O)c4)nc31)[C@H](O)[C@@H]2O. The average Bonchev–Trinajstić information content (AvgIpc) is 3.50. The van der Waals surface area contributed by atoms with Gasteiger partial charge in [-0.05, 0) is 48.2 Å². The third-order valence-electron chi connectivity index (χ3n) is 7.86. The van der Waals surface area contributed by atoms with Gasteiger partial charge in [0.05, 0.1) is 28.8 Å². The third kappa shape index (κ3) is 4.77. The number of carbonyl (C=O) groups excluding carboxylic acids is 1. The Hall–Kier alpha value is -4.06. The number of imidazole rings is 1. The van der Waals surface area contributed by atoms with Gasteiger partial charge in [0.2, 0.25) is 11.7 Å². The van der Waals surface area contributed by atoms with E-state index >= 15 is 0 Å². The van der Waals surface area contributed by atoms with E-state index in [1.54, 1.807) is 22.8 Å². The van der Waals surface area contributed by atoms with Crippen LogP contribution in [0.15, 0.2) is 59.8 Å². The lowest BCUT2D eigenvalue weighted by atomic mass is 9.98. The minimum absolute atomic E-state index is 0.0662. The van der Waals surface area contributed by atoms with Crippen LogP contribution in [-0.4, -0.2) is 67.9 Å². The van der Waals surface area contributed by atoms with Crippen molar-refractivity contribution >= 4 is 44.6 Å². The number of nitrogens with zero attached hydrogens (tertiary/aromatic N) is 4. The molecule has 0 saturated heterocycles. The number of fused-ring (bicyclic) bond motifs is 2. The molecule has 2 saturated carbocycles. The zero-order valence-corrected chi connectivity index (χ0v) is 23.6. The van der Waals surface area contributed by atoms with Crippen LogP contribution in [0.25, 0.3) is 11.2 Å². The molecule has 0 radical (unpaired) electrons. The normalized spacial score (nSPS) is 24.5. The molecule has 5 N–H and O–H groups in total. The average molecular weight is 609 g/mol. The monoisotopic (exact) mass is 608 g/mol. The minimum Gasteiger partial charge on any atom is -0.389 e. The van der Waals surface area contributed by atoms with Crippen LogP contribution >= 0.6 is 11.6 Å². The molecule has 216 valence electrons. The molecule has 42 heavy (non-hydrogen) atoms. The summed E-state index contributed by atoms with van der Waals surface area (Å²) >= 11 is 6.14. The summed E-state index contributed by atoms with van der Waals surface area (Å²) in [5.41, 5.74) is 0.808. The standard InChI is InChI=1S/C28H25ClN6O6S/c1-30-27(38)28-12-19(28)22(23(36)24(28)37)35-14-32-21-25(31-13-16-5-2-6-17(29)10-16)33-20(34-26(21)35)9-8-15-4-3-7-18(11-15)42(39,40)41/h2-7,10-11,14,19,22-24,36-37H,12-13H2,1H3,(H,30,38)(H,31,33,34)(H,39,40,41)/t19-,22-,23+,24+,28+/m1/s1. The smallest absolute Gasteiger partial charge is 0.294 e. The number of benzene rings is 2. The molecule has 2 heterocycles. The van der Waals surface area contributed by atoms with Crippen molar-refractivity contribution < 1.29 is 28.0 Å².